The fourth-order valence-corrected chi connectivity index (χ4v) is 2.00. The van der Waals surface area contributed by atoms with Crippen LogP contribution in [0.15, 0.2) is 60.7 Å². The van der Waals surface area contributed by atoms with Crippen molar-refractivity contribution in [3.63, 3.8) is 0 Å². The van der Waals surface area contributed by atoms with E-state index in [0.29, 0.717) is 16.7 Å². The van der Waals surface area contributed by atoms with E-state index in [0.717, 1.165) is 11.4 Å². The second-order valence-corrected chi connectivity index (χ2v) is 4.62. The molecule has 0 bridgehead atoms. The van der Waals surface area contributed by atoms with Gasteiger partial charge in [-0.25, -0.2) is 0 Å². The average Bonchev–Trinajstić information content (AvgIpc) is 2.83. The molecule has 100 valence electrons. The first-order chi connectivity index (χ1) is 9.83. The van der Waals surface area contributed by atoms with E-state index in [-0.39, 0.29) is 0 Å². The van der Waals surface area contributed by atoms with Gasteiger partial charge < -0.3 is 10.6 Å². The zero-order chi connectivity index (χ0) is 13.8. The number of aromatic amines is 1. The van der Waals surface area contributed by atoms with Crippen LogP contribution in [-0.4, -0.2) is 10.2 Å². The first-order valence-corrected chi connectivity index (χ1v) is 6.59. The molecule has 0 saturated carbocycles. The Labute approximate surface area is 121 Å². The highest BCUT2D eigenvalue weighted by molar-refractivity contribution is 6.35. The summed E-state index contributed by atoms with van der Waals surface area (Å²) in [4.78, 5) is 0. The van der Waals surface area contributed by atoms with Gasteiger partial charge in [-0.1, -0.05) is 48.0 Å². The molecule has 3 aromatic rings. The molecule has 2 aromatic carbocycles. The zero-order valence-corrected chi connectivity index (χ0v) is 11.4. The van der Waals surface area contributed by atoms with Gasteiger partial charge in [0.2, 0.25) is 0 Å². The van der Waals surface area contributed by atoms with Crippen LogP contribution in [0.5, 0.6) is 0 Å². The lowest BCUT2D eigenvalue weighted by Crippen LogP contribution is -1.91. The molecule has 0 radical (unpaired) electrons. The van der Waals surface area contributed by atoms with Crippen molar-refractivity contribution in [1.82, 2.24) is 10.2 Å². The van der Waals surface area contributed by atoms with Crippen molar-refractivity contribution in [3.05, 3.63) is 65.7 Å². The van der Waals surface area contributed by atoms with Crippen LogP contribution >= 0.6 is 11.6 Å². The summed E-state index contributed by atoms with van der Waals surface area (Å²) in [5.41, 5.74) is 1.89. The SMILES string of the molecule is Clc1c(Nc2ccccc2)n[nH]c1Nc1ccccc1. The molecule has 1 aromatic heterocycles. The lowest BCUT2D eigenvalue weighted by Gasteiger charge is -2.04. The lowest BCUT2D eigenvalue weighted by atomic mass is 10.3. The largest absolute Gasteiger partial charge is 0.339 e. The van der Waals surface area contributed by atoms with Crippen molar-refractivity contribution in [2.75, 3.05) is 10.6 Å². The van der Waals surface area contributed by atoms with E-state index < -0.39 is 0 Å². The van der Waals surface area contributed by atoms with Crippen molar-refractivity contribution < 1.29 is 0 Å². The van der Waals surface area contributed by atoms with Gasteiger partial charge in [-0.3, -0.25) is 5.10 Å². The number of benzene rings is 2. The molecule has 3 rings (SSSR count). The molecular formula is C15H13ClN4. The van der Waals surface area contributed by atoms with Crippen molar-refractivity contribution in [3.8, 4) is 0 Å². The first kappa shape index (κ1) is 12.6. The van der Waals surface area contributed by atoms with Gasteiger partial charge in [-0.2, -0.15) is 5.10 Å². The molecule has 0 aliphatic carbocycles. The molecule has 0 aliphatic heterocycles. The van der Waals surface area contributed by atoms with Gasteiger partial charge >= 0.3 is 0 Å². The van der Waals surface area contributed by atoms with E-state index in [9.17, 15) is 0 Å². The van der Waals surface area contributed by atoms with Gasteiger partial charge in [-0.05, 0) is 24.3 Å². The molecular weight excluding hydrogens is 272 g/mol. The summed E-state index contributed by atoms with van der Waals surface area (Å²) in [7, 11) is 0. The highest BCUT2D eigenvalue weighted by Gasteiger charge is 2.11. The monoisotopic (exact) mass is 284 g/mol. The Morgan fingerprint density at radius 2 is 1.35 bits per heavy atom. The molecule has 0 unspecified atom stereocenters. The Kier molecular flexibility index (Phi) is 3.56. The van der Waals surface area contributed by atoms with Gasteiger partial charge in [0.1, 0.15) is 10.8 Å². The van der Waals surface area contributed by atoms with E-state index in [2.05, 4.69) is 20.8 Å². The van der Waals surface area contributed by atoms with Crippen molar-refractivity contribution >= 4 is 34.6 Å². The summed E-state index contributed by atoms with van der Waals surface area (Å²) in [6.07, 6.45) is 0. The Bertz CT molecular complexity index is 621. The Morgan fingerprint density at radius 3 is 1.95 bits per heavy atom. The van der Waals surface area contributed by atoms with Crippen molar-refractivity contribution in [2.45, 2.75) is 0 Å². The normalized spacial score (nSPS) is 10.2. The van der Waals surface area contributed by atoms with Crippen LogP contribution in [0, 0.1) is 0 Å². The number of halogens is 1. The Balaban J connectivity index is 1.79. The van der Waals surface area contributed by atoms with Gasteiger partial charge in [0.05, 0.1) is 0 Å². The van der Waals surface area contributed by atoms with E-state index in [4.69, 9.17) is 11.6 Å². The molecule has 1 heterocycles. The summed E-state index contributed by atoms with van der Waals surface area (Å²) in [6, 6.07) is 19.6. The molecule has 3 N–H and O–H groups in total. The van der Waals surface area contributed by atoms with E-state index in [1.165, 1.54) is 0 Å². The number of H-pyrrole nitrogens is 1. The zero-order valence-electron chi connectivity index (χ0n) is 10.6. The molecule has 20 heavy (non-hydrogen) atoms. The van der Waals surface area contributed by atoms with Crippen LogP contribution in [0.3, 0.4) is 0 Å². The molecule has 0 fully saturated rings. The summed E-state index contributed by atoms with van der Waals surface area (Å²) >= 11 is 6.31. The summed E-state index contributed by atoms with van der Waals surface area (Å²) < 4.78 is 0. The topological polar surface area (TPSA) is 52.7 Å². The fraction of sp³-hybridized carbons (Fsp3) is 0. The van der Waals surface area contributed by atoms with Gasteiger partial charge in [0, 0.05) is 11.4 Å². The fourth-order valence-electron chi connectivity index (χ4n) is 1.82. The number of hydrogen-bond acceptors (Lipinski definition) is 3. The second-order valence-electron chi connectivity index (χ2n) is 4.24. The minimum Gasteiger partial charge on any atom is -0.339 e. The van der Waals surface area contributed by atoms with Crippen LogP contribution in [0.2, 0.25) is 5.02 Å². The summed E-state index contributed by atoms with van der Waals surface area (Å²) in [6.45, 7) is 0. The number of anilines is 4. The van der Waals surface area contributed by atoms with Crippen molar-refractivity contribution in [2.24, 2.45) is 0 Å². The highest BCUT2D eigenvalue weighted by Crippen LogP contribution is 2.31. The summed E-state index contributed by atoms with van der Waals surface area (Å²) in [5, 5.41) is 13.9. The van der Waals surface area contributed by atoms with E-state index in [1.54, 1.807) is 0 Å². The molecule has 0 amide bonds. The number of para-hydroxylation sites is 2. The van der Waals surface area contributed by atoms with Gasteiger partial charge in [0.25, 0.3) is 0 Å². The number of nitrogens with zero attached hydrogens (tertiary/aromatic N) is 1. The van der Waals surface area contributed by atoms with Gasteiger partial charge in [0.15, 0.2) is 5.82 Å². The van der Waals surface area contributed by atoms with Crippen LogP contribution < -0.4 is 10.6 Å². The number of nitrogens with one attached hydrogen (secondary N) is 3. The van der Waals surface area contributed by atoms with Crippen LogP contribution in [0.25, 0.3) is 0 Å². The second kappa shape index (κ2) is 5.67. The average molecular weight is 285 g/mol. The Hall–Kier alpha value is -2.46. The number of aromatic nitrogens is 2. The lowest BCUT2D eigenvalue weighted by molar-refractivity contribution is 1.09. The smallest absolute Gasteiger partial charge is 0.173 e. The quantitative estimate of drug-likeness (QED) is 0.659. The Morgan fingerprint density at radius 1 is 0.800 bits per heavy atom. The van der Waals surface area contributed by atoms with E-state index >= 15 is 0 Å². The highest BCUT2D eigenvalue weighted by atomic mass is 35.5. The number of hydrogen-bond donors (Lipinski definition) is 3. The van der Waals surface area contributed by atoms with Gasteiger partial charge in [-0.15, -0.1) is 0 Å². The molecule has 4 nitrogen and oxygen atoms in total. The molecule has 5 heteroatoms. The molecule has 0 atom stereocenters. The molecule has 0 aliphatic rings. The third-order valence-corrected chi connectivity index (χ3v) is 3.15. The predicted octanol–water partition coefficient (Wildman–Crippen LogP) is 4.55. The maximum atomic E-state index is 6.31. The standard InChI is InChI=1S/C15H13ClN4/c16-13-14(17-11-7-3-1-4-8-11)19-20-15(13)18-12-9-5-2-6-10-12/h1-10H,(H3,17,18,19,20). The van der Waals surface area contributed by atoms with Crippen LogP contribution in [-0.2, 0) is 0 Å². The number of rotatable bonds is 4. The predicted molar refractivity (Wildman–Crippen MR) is 83.0 cm³/mol. The summed E-state index contributed by atoms with van der Waals surface area (Å²) in [5.74, 6) is 1.26. The third kappa shape index (κ3) is 2.75. The van der Waals surface area contributed by atoms with E-state index in [1.807, 2.05) is 60.7 Å². The third-order valence-electron chi connectivity index (χ3n) is 2.79. The first-order valence-electron chi connectivity index (χ1n) is 6.21. The van der Waals surface area contributed by atoms with Crippen molar-refractivity contribution in [1.29, 1.82) is 0 Å². The molecule has 0 saturated heterocycles. The van der Waals surface area contributed by atoms with Crippen LogP contribution in [0.4, 0.5) is 23.0 Å². The maximum Gasteiger partial charge on any atom is 0.173 e. The van der Waals surface area contributed by atoms with Crippen LogP contribution in [0.1, 0.15) is 0 Å². The maximum absolute atomic E-state index is 6.31. The molecule has 0 spiro atoms. The minimum atomic E-state index is 0.526. The minimum absolute atomic E-state index is 0.526.